The average molecular weight is 189 g/mol. The van der Waals surface area contributed by atoms with E-state index in [9.17, 15) is 0 Å². The van der Waals surface area contributed by atoms with Crippen molar-refractivity contribution in [2.45, 2.75) is 18.9 Å². The zero-order valence-electron chi connectivity index (χ0n) is 8.15. The fraction of sp³-hybridized carbons (Fsp3) is 0.333. The summed E-state index contributed by atoms with van der Waals surface area (Å²) in [6.45, 7) is 0.883. The van der Waals surface area contributed by atoms with Crippen LogP contribution in [0.3, 0.4) is 0 Å². The highest BCUT2D eigenvalue weighted by atomic mass is 16.5. The molecule has 0 saturated heterocycles. The third-order valence-corrected chi connectivity index (χ3v) is 2.33. The molecule has 1 aliphatic heterocycles. The van der Waals surface area contributed by atoms with E-state index < -0.39 is 0 Å². The zero-order valence-corrected chi connectivity index (χ0v) is 8.15. The highest BCUT2D eigenvalue weighted by Gasteiger charge is 2.09. The van der Waals surface area contributed by atoms with Crippen molar-refractivity contribution in [3.63, 3.8) is 0 Å². The van der Waals surface area contributed by atoms with Crippen LogP contribution in [-0.2, 0) is 4.74 Å². The molecular weight excluding hydrogens is 174 g/mol. The van der Waals surface area contributed by atoms with Gasteiger partial charge in [-0.2, -0.15) is 0 Å². The number of allylic oxidation sites excluding steroid dienone is 1. The number of ether oxygens (including phenoxy) is 1. The molecule has 0 radical (unpaired) electrons. The highest BCUT2D eigenvalue weighted by Crippen LogP contribution is 2.12. The van der Waals surface area contributed by atoms with Gasteiger partial charge in [-0.1, -0.05) is 18.2 Å². The summed E-state index contributed by atoms with van der Waals surface area (Å²) in [6, 6.07) is 10.2. The zero-order chi connectivity index (χ0) is 9.64. The topological polar surface area (TPSA) is 21.3 Å². The summed E-state index contributed by atoms with van der Waals surface area (Å²) in [6.07, 6.45) is 6.43. The number of benzene rings is 1. The van der Waals surface area contributed by atoms with Gasteiger partial charge in [0, 0.05) is 5.69 Å². The lowest BCUT2D eigenvalue weighted by Crippen LogP contribution is -2.22. The van der Waals surface area contributed by atoms with E-state index >= 15 is 0 Å². The first-order valence-corrected chi connectivity index (χ1v) is 5.04. The van der Waals surface area contributed by atoms with Crippen LogP contribution in [0, 0.1) is 0 Å². The average Bonchev–Trinajstić information content (AvgIpc) is 2.29. The minimum atomic E-state index is 0.320. The molecule has 74 valence electrons. The van der Waals surface area contributed by atoms with Crippen LogP contribution in [0.4, 0.5) is 5.69 Å². The van der Waals surface area contributed by atoms with Crippen LogP contribution in [0.5, 0.6) is 0 Å². The second kappa shape index (κ2) is 4.70. The molecule has 0 spiro atoms. The Morgan fingerprint density at radius 3 is 2.86 bits per heavy atom. The maximum absolute atomic E-state index is 5.46. The molecule has 0 bridgehead atoms. The van der Waals surface area contributed by atoms with Gasteiger partial charge in [-0.3, -0.25) is 0 Å². The van der Waals surface area contributed by atoms with E-state index in [4.69, 9.17) is 4.74 Å². The maximum Gasteiger partial charge on any atom is 0.115 e. The van der Waals surface area contributed by atoms with Crippen LogP contribution < -0.4 is 5.32 Å². The smallest absolute Gasteiger partial charge is 0.115 e. The van der Waals surface area contributed by atoms with Crippen LogP contribution in [0.25, 0.3) is 0 Å². The number of hydrogen-bond acceptors (Lipinski definition) is 2. The van der Waals surface area contributed by atoms with E-state index in [1.807, 2.05) is 18.2 Å². The molecule has 1 aromatic carbocycles. The molecule has 0 aliphatic carbocycles. The normalized spacial score (nSPS) is 20.1. The molecular formula is C12H15NO. The fourth-order valence-electron chi connectivity index (χ4n) is 1.52. The van der Waals surface area contributed by atoms with E-state index in [1.54, 1.807) is 6.26 Å². The Morgan fingerprint density at radius 2 is 2.14 bits per heavy atom. The van der Waals surface area contributed by atoms with Crippen LogP contribution in [-0.4, -0.2) is 12.6 Å². The number of anilines is 1. The van der Waals surface area contributed by atoms with Gasteiger partial charge >= 0.3 is 0 Å². The number of hydrogen-bond donors (Lipinski definition) is 1. The van der Waals surface area contributed by atoms with Crippen molar-refractivity contribution in [3.05, 3.63) is 42.7 Å². The van der Waals surface area contributed by atoms with Gasteiger partial charge in [0.2, 0.25) is 0 Å². The van der Waals surface area contributed by atoms with Crippen molar-refractivity contribution < 1.29 is 4.74 Å². The van der Waals surface area contributed by atoms with Crippen LogP contribution in [0.1, 0.15) is 12.8 Å². The lowest BCUT2D eigenvalue weighted by Gasteiger charge is -2.20. The summed E-state index contributed by atoms with van der Waals surface area (Å²) in [5.41, 5.74) is 1.16. The molecule has 1 heterocycles. The first kappa shape index (κ1) is 9.13. The molecule has 14 heavy (non-hydrogen) atoms. The molecule has 0 amide bonds. The Balaban J connectivity index is 1.80. The fourth-order valence-corrected chi connectivity index (χ4v) is 1.52. The first-order chi connectivity index (χ1) is 6.95. The monoisotopic (exact) mass is 189 g/mol. The molecule has 1 aromatic rings. The van der Waals surface area contributed by atoms with E-state index in [1.165, 1.54) is 0 Å². The largest absolute Gasteiger partial charge is 0.497 e. The molecule has 2 nitrogen and oxygen atoms in total. The van der Waals surface area contributed by atoms with E-state index in [2.05, 4.69) is 23.5 Å². The molecule has 1 unspecified atom stereocenters. The molecule has 0 aromatic heterocycles. The minimum Gasteiger partial charge on any atom is -0.497 e. The van der Waals surface area contributed by atoms with Gasteiger partial charge < -0.3 is 10.1 Å². The van der Waals surface area contributed by atoms with Gasteiger partial charge in [-0.25, -0.2) is 0 Å². The van der Waals surface area contributed by atoms with E-state index in [-0.39, 0.29) is 0 Å². The molecule has 0 fully saturated rings. The van der Waals surface area contributed by atoms with E-state index in [0.717, 1.165) is 25.1 Å². The summed E-state index contributed by atoms with van der Waals surface area (Å²) in [5, 5.41) is 3.36. The van der Waals surface area contributed by atoms with Gasteiger partial charge in [-0.15, -0.1) is 0 Å². The Morgan fingerprint density at radius 1 is 1.29 bits per heavy atom. The molecule has 1 aliphatic rings. The Kier molecular flexibility index (Phi) is 3.06. The highest BCUT2D eigenvalue weighted by molar-refractivity contribution is 5.42. The lowest BCUT2D eigenvalue weighted by atomic mass is 10.1. The molecule has 1 N–H and O–H groups in total. The summed E-state index contributed by atoms with van der Waals surface area (Å²) < 4.78 is 5.46. The van der Waals surface area contributed by atoms with Gasteiger partial charge in [0.25, 0.3) is 0 Å². The number of nitrogens with one attached hydrogen (secondary N) is 1. The maximum atomic E-state index is 5.46. The van der Waals surface area contributed by atoms with Crippen LogP contribution >= 0.6 is 0 Å². The SMILES string of the molecule is C1=COC(CNc2ccccc2)CC1. The van der Waals surface area contributed by atoms with Gasteiger partial charge in [-0.05, 0) is 31.1 Å². The predicted octanol–water partition coefficient (Wildman–Crippen LogP) is 2.79. The predicted molar refractivity (Wildman–Crippen MR) is 58.2 cm³/mol. The third kappa shape index (κ3) is 2.52. The summed E-state index contributed by atoms with van der Waals surface area (Å²) in [7, 11) is 0. The van der Waals surface area contributed by atoms with Crippen molar-refractivity contribution >= 4 is 5.69 Å². The quantitative estimate of drug-likeness (QED) is 0.789. The number of para-hydroxylation sites is 1. The molecule has 2 rings (SSSR count). The second-order valence-electron chi connectivity index (χ2n) is 3.45. The lowest BCUT2D eigenvalue weighted by molar-refractivity contribution is 0.135. The van der Waals surface area contributed by atoms with Crippen molar-refractivity contribution in [1.82, 2.24) is 0 Å². The van der Waals surface area contributed by atoms with Crippen molar-refractivity contribution in [1.29, 1.82) is 0 Å². The molecule has 1 atom stereocenters. The Hall–Kier alpha value is -1.44. The van der Waals surface area contributed by atoms with Crippen molar-refractivity contribution in [3.8, 4) is 0 Å². The Bertz CT molecular complexity index is 294. The summed E-state index contributed by atoms with van der Waals surface area (Å²) in [4.78, 5) is 0. The molecule has 0 saturated carbocycles. The first-order valence-electron chi connectivity index (χ1n) is 5.04. The molecule has 2 heteroatoms. The second-order valence-corrected chi connectivity index (χ2v) is 3.45. The van der Waals surface area contributed by atoms with Crippen molar-refractivity contribution in [2.75, 3.05) is 11.9 Å². The van der Waals surface area contributed by atoms with Gasteiger partial charge in [0.05, 0.1) is 12.8 Å². The van der Waals surface area contributed by atoms with Crippen LogP contribution in [0.2, 0.25) is 0 Å². The summed E-state index contributed by atoms with van der Waals surface area (Å²) >= 11 is 0. The van der Waals surface area contributed by atoms with Crippen LogP contribution in [0.15, 0.2) is 42.7 Å². The Labute approximate surface area is 84.6 Å². The van der Waals surface area contributed by atoms with Gasteiger partial charge in [0.1, 0.15) is 6.10 Å². The van der Waals surface area contributed by atoms with Gasteiger partial charge in [0.15, 0.2) is 0 Å². The minimum absolute atomic E-state index is 0.320. The summed E-state index contributed by atoms with van der Waals surface area (Å²) in [5.74, 6) is 0. The van der Waals surface area contributed by atoms with Crippen molar-refractivity contribution in [2.24, 2.45) is 0 Å². The number of rotatable bonds is 3. The third-order valence-electron chi connectivity index (χ3n) is 2.33. The van der Waals surface area contributed by atoms with E-state index in [0.29, 0.717) is 6.10 Å². The standard InChI is InChI=1S/C12H15NO/c1-2-6-11(7-3-1)13-10-12-8-4-5-9-14-12/h1-3,5-7,9,12-13H,4,8,10H2.